The quantitative estimate of drug-likeness (QED) is 0.717. The Hall–Kier alpha value is -1.39. The molecule has 0 unspecified atom stereocenters. The number of amides is 1. The summed E-state index contributed by atoms with van der Waals surface area (Å²) in [5.74, 6) is -0.136. The predicted octanol–water partition coefficient (Wildman–Crippen LogP) is 1.51. The maximum absolute atomic E-state index is 11.4. The van der Waals surface area contributed by atoms with Crippen LogP contribution < -0.4 is 11.1 Å². The first-order valence-corrected chi connectivity index (χ1v) is 5.43. The van der Waals surface area contributed by atoms with Crippen molar-refractivity contribution < 1.29 is 9.53 Å². The monoisotopic (exact) mass is 222 g/mol. The Labute approximate surface area is 95.8 Å². The second-order valence-corrected chi connectivity index (χ2v) is 3.51. The van der Waals surface area contributed by atoms with Gasteiger partial charge >= 0.3 is 0 Å². The number of rotatable bonds is 6. The van der Waals surface area contributed by atoms with Gasteiger partial charge < -0.3 is 15.8 Å². The topological polar surface area (TPSA) is 64.3 Å². The SMILES string of the molecule is CCCOCC(=O)Nc1cccc(CN)c1. The summed E-state index contributed by atoms with van der Waals surface area (Å²) in [7, 11) is 0. The van der Waals surface area contributed by atoms with Gasteiger partial charge in [-0.05, 0) is 24.1 Å². The molecule has 0 saturated heterocycles. The first-order valence-electron chi connectivity index (χ1n) is 5.43. The molecule has 1 amide bonds. The van der Waals surface area contributed by atoms with Gasteiger partial charge in [-0.1, -0.05) is 19.1 Å². The highest BCUT2D eigenvalue weighted by atomic mass is 16.5. The van der Waals surface area contributed by atoms with Crippen molar-refractivity contribution >= 4 is 11.6 Å². The van der Waals surface area contributed by atoms with Crippen molar-refractivity contribution in [3.05, 3.63) is 29.8 Å². The summed E-state index contributed by atoms with van der Waals surface area (Å²) in [5, 5.41) is 2.76. The van der Waals surface area contributed by atoms with Crippen LogP contribution in [0.3, 0.4) is 0 Å². The van der Waals surface area contributed by atoms with E-state index in [0.29, 0.717) is 13.2 Å². The average Bonchev–Trinajstić information content (AvgIpc) is 2.29. The fraction of sp³-hybridized carbons (Fsp3) is 0.417. The lowest BCUT2D eigenvalue weighted by Gasteiger charge is -2.06. The van der Waals surface area contributed by atoms with Gasteiger partial charge in [-0.2, -0.15) is 0 Å². The van der Waals surface area contributed by atoms with E-state index < -0.39 is 0 Å². The van der Waals surface area contributed by atoms with Gasteiger partial charge in [0.15, 0.2) is 0 Å². The summed E-state index contributed by atoms with van der Waals surface area (Å²) in [6, 6.07) is 7.47. The van der Waals surface area contributed by atoms with Crippen LogP contribution in [-0.2, 0) is 16.1 Å². The molecule has 1 rings (SSSR count). The first-order chi connectivity index (χ1) is 7.76. The van der Waals surface area contributed by atoms with Crippen molar-refractivity contribution in [1.82, 2.24) is 0 Å². The molecule has 0 radical (unpaired) electrons. The Morgan fingerprint density at radius 3 is 3.00 bits per heavy atom. The standard InChI is InChI=1S/C12H18N2O2/c1-2-6-16-9-12(15)14-11-5-3-4-10(7-11)8-13/h3-5,7H,2,6,8-9,13H2,1H3,(H,14,15). The molecule has 0 bridgehead atoms. The number of anilines is 1. The molecule has 0 aliphatic heterocycles. The Kier molecular flexibility index (Phi) is 5.53. The van der Waals surface area contributed by atoms with Crippen molar-refractivity contribution in [3.63, 3.8) is 0 Å². The number of carbonyl (C=O) groups excluding carboxylic acids is 1. The Balaban J connectivity index is 2.43. The van der Waals surface area contributed by atoms with Crippen LogP contribution in [0.5, 0.6) is 0 Å². The normalized spacial score (nSPS) is 10.1. The highest BCUT2D eigenvalue weighted by molar-refractivity contribution is 5.91. The van der Waals surface area contributed by atoms with Crippen LogP contribution in [0.2, 0.25) is 0 Å². The van der Waals surface area contributed by atoms with Gasteiger partial charge in [0.05, 0.1) is 0 Å². The molecule has 0 aliphatic rings. The molecular weight excluding hydrogens is 204 g/mol. The van der Waals surface area contributed by atoms with E-state index in [1.165, 1.54) is 0 Å². The Morgan fingerprint density at radius 2 is 2.31 bits per heavy atom. The average molecular weight is 222 g/mol. The third-order valence-corrected chi connectivity index (χ3v) is 2.03. The second kappa shape index (κ2) is 6.98. The molecule has 0 heterocycles. The van der Waals surface area contributed by atoms with E-state index in [0.717, 1.165) is 17.7 Å². The van der Waals surface area contributed by atoms with E-state index in [-0.39, 0.29) is 12.5 Å². The Morgan fingerprint density at radius 1 is 1.50 bits per heavy atom. The molecule has 0 aromatic heterocycles. The summed E-state index contributed by atoms with van der Waals surface area (Å²) < 4.78 is 5.14. The lowest BCUT2D eigenvalue weighted by atomic mass is 10.2. The van der Waals surface area contributed by atoms with Gasteiger partial charge in [0.25, 0.3) is 0 Å². The highest BCUT2D eigenvalue weighted by Gasteiger charge is 2.02. The van der Waals surface area contributed by atoms with Crippen molar-refractivity contribution in [2.24, 2.45) is 5.73 Å². The van der Waals surface area contributed by atoms with E-state index in [4.69, 9.17) is 10.5 Å². The number of benzene rings is 1. The van der Waals surface area contributed by atoms with Crippen LogP contribution >= 0.6 is 0 Å². The zero-order valence-corrected chi connectivity index (χ0v) is 9.53. The molecule has 4 nitrogen and oxygen atoms in total. The van der Waals surface area contributed by atoms with E-state index in [9.17, 15) is 4.79 Å². The summed E-state index contributed by atoms with van der Waals surface area (Å²) in [6.07, 6.45) is 0.913. The van der Waals surface area contributed by atoms with Crippen LogP contribution in [0, 0.1) is 0 Å². The number of nitrogens with one attached hydrogen (secondary N) is 1. The maximum atomic E-state index is 11.4. The minimum atomic E-state index is -0.136. The van der Waals surface area contributed by atoms with Gasteiger partial charge in [-0.3, -0.25) is 4.79 Å². The number of nitrogens with two attached hydrogens (primary N) is 1. The molecule has 0 spiro atoms. The minimum Gasteiger partial charge on any atom is -0.372 e. The van der Waals surface area contributed by atoms with Crippen molar-refractivity contribution in [3.8, 4) is 0 Å². The van der Waals surface area contributed by atoms with Crippen LogP contribution in [0.25, 0.3) is 0 Å². The van der Waals surface area contributed by atoms with Crippen LogP contribution in [-0.4, -0.2) is 19.1 Å². The maximum Gasteiger partial charge on any atom is 0.250 e. The van der Waals surface area contributed by atoms with Crippen molar-refractivity contribution in [2.75, 3.05) is 18.5 Å². The van der Waals surface area contributed by atoms with Crippen molar-refractivity contribution in [2.45, 2.75) is 19.9 Å². The van der Waals surface area contributed by atoms with E-state index in [1.807, 2.05) is 31.2 Å². The number of ether oxygens (including phenoxy) is 1. The second-order valence-electron chi connectivity index (χ2n) is 3.51. The zero-order valence-electron chi connectivity index (χ0n) is 9.53. The lowest BCUT2D eigenvalue weighted by molar-refractivity contribution is -0.120. The minimum absolute atomic E-state index is 0.0979. The van der Waals surface area contributed by atoms with E-state index >= 15 is 0 Å². The Bertz CT molecular complexity index is 340. The van der Waals surface area contributed by atoms with Gasteiger partial charge in [-0.15, -0.1) is 0 Å². The molecule has 0 saturated carbocycles. The van der Waals surface area contributed by atoms with E-state index in [1.54, 1.807) is 0 Å². The number of hydrogen-bond donors (Lipinski definition) is 2. The van der Waals surface area contributed by atoms with Gasteiger partial charge in [0.1, 0.15) is 6.61 Å². The van der Waals surface area contributed by atoms with Gasteiger partial charge in [0.2, 0.25) is 5.91 Å². The molecule has 88 valence electrons. The summed E-state index contributed by atoms with van der Waals surface area (Å²) in [5.41, 5.74) is 7.26. The van der Waals surface area contributed by atoms with E-state index in [2.05, 4.69) is 5.32 Å². The third kappa shape index (κ3) is 4.42. The molecule has 0 aliphatic carbocycles. The molecule has 16 heavy (non-hydrogen) atoms. The molecule has 4 heteroatoms. The fourth-order valence-electron chi connectivity index (χ4n) is 1.28. The summed E-state index contributed by atoms with van der Waals surface area (Å²) >= 11 is 0. The van der Waals surface area contributed by atoms with Gasteiger partial charge in [-0.25, -0.2) is 0 Å². The highest BCUT2D eigenvalue weighted by Crippen LogP contribution is 2.09. The third-order valence-electron chi connectivity index (χ3n) is 2.03. The fourth-order valence-corrected chi connectivity index (χ4v) is 1.28. The van der Waals surface area contributed by atoms with Gasteiger partial charge in [0, 0.05) is 18.8 Å². The smallest absolute Gasteiger partial charge is 0.250 e. The zero-order chi connectivity index (χ0) is 11.8. The number of hydrogen-bond acceptors (Lipinski definition) is 3. The molecule has 3 N–H and O–H groups in total. The first kappa shape index (κ1) is 12.7. The number of carbonyl (C=O) groups is 1. The summed E-state index contributed by atoms with van der Waals surface area (Å²) in [6.45, 7) is 3.18. The molecule has 1 aromatic rings. The van der Waals surface area contributed by atoms with Crippen LogP contribution in [0.4, 0.5) is 5.69 Å². The largest absolute Gasteiger partial charge is 0.372 e. The molecule has 1 aromatic carbocycles. The van der Waals surface area contributed by atoms with Crippen LogP contribution in [0.15, 0.2) is 24.3 Å². The molecule has 0 atom stereocenters. The predicted molar refractivity (Wildman–Crippen MR) is 64.1 cm³/mol. The molecule has 0 fully saturated rings. The van der Waals surface area contributed by atoms with Crippen molar-refractivity contribution in [1.29, 1.82) is 0 Å². The van der Waals surface area contributed by atoms with Crippen LogP contribution in [0.1, 0.15) is 18.9 Å². The summed E-state index contributed by atoms with van der Waals surface area (Å²) in [4.78, 5) is 11.4. The molecular formula is C12H18N2O2. The lowest BCUT2D eigenvalue weighted by Crippen LogP contribution is -2.18.